The van der Waals surface area contributed by atoms with Crippen molar-refractivity contribution < 1.29 is 9.32 Å². The number of hydrogen-bond donors (Lipinski definition) is 2. The Hall–Kier alpha value is -1.49. The van der Waals surface area contributed by atoms with Crippen LogP contribution in [0.1, 0.15) is 28.4 Å². The van der Waals surface area contributed by atoms with Gasteiger partial charge in [-0.15, -0.1) is 0 Å². The van der Waals surface area contributed by atoms with Gasteiger partial charge < -0.3 is 10.8 Å². The summed E-state index contributed by atoms with van der Waals surface area (Å²) in [6.45, 7) is 2.49. The summed E-state index contributed by atoms with van der Waals surface area (Å²) in [5, 5.41) is 10.2. The maximum atomic E-state index is 12.2. The molecule has 0 aliphatic rings. The molecule has 0 fully saturated rings. The van der Waals surface area contributed by atoms with E-state index < -0.39 is 16.9 Å². The average molecular weight is 303 g/mol. The van der Waals surface area contributed by atoms with Crippen molar-refractivity contribution in [3.63, 3.8) is 0 Å². The molecular formula is C17H21NO2S. The molecule has 2 unspecified atom stereocenters. The molecule has 2 aromatic rings. The van der Waals surface area contributed by atoms with Crippen LogP contribution < -0.4 is 5.73 Å². The van der Waals surface area contributed by atoms with Gasteiger partial charge in [0.05, 0.1) is 11.9 Å². The monoisotopic (exact) mass is 303 g/mol. The number of aliphatic hydroxyl groups is 1. The normalized spacial score (nSPS) is 13.9. The van der Waals surface area contributed by atoms with Gasteiger partial charge in [0.1, 0.15) is 0 Å². The number of aryl methyl sites for hydroxylation is 1. The zero-order valence-electron chi connectivity index (χ0n) is 12.2. The van der Waals surface area contributed by atoms with Gasteiger partial charge in [0.25, 0.3) is 0 Å². The molecule has 0 amide bonds. The Morgan fingerprint density at radius 3 is 2.43 bits per heavy atom. The van der Waals surface area contributed by atoms with E-state index in [1.165, 1.54) is 0 Å². The van der Waals surface area contributed by atoms with Crippen molar-refractivity contribution in [3.8, 4) is 0 Å². The Morgan fingerprint density at radius 2 is 1.81 bits per heavy atom. The molecule has 0 saturated heterocycles. The molecular weight excluding hydrogens is 282 g/mol. The summed E-state index contributed by atoms with van der Waals surface area (Å²) >= 11 is 0. The van der Waals surface area contributed by atoms with Crippen LogP contribution in [0.15, 0.2) is 48.5 Å². The maximum absolute atomic E-state index is 12.2. The van der Waals surface area contributed by atoms with Crippen molar-refractivity contribution in [1.29, 1.82) is 0 Å². The lowest BCUT2D eigenvalue weighted by Gasteiger charge is -2.12. The van der Waals surface area contributed by atoms with E-state index in [2.05, 4.69) is 0 Å². The average Bonchev–Trinajstić information content (AvgIpc) is 2.49. The van der Waals surface area contributed by atoms with Gasteiger partial charge in [-0.1, -0.05) is 48.5 Å². The second-order valence-corrected chi connectivity index (χ2v) is 6.64. The fourth-order valence-electron chi connectivity index (χ4n) is 2.15. The van der Waals surface area contributed by atoms with Crippen LogP contribution in [-0.2, 0) is 23.1 Å². The summed E-state index contributed by atoms with van der Waals surface area (Å²) in [4.78, 5) is 0. The third kappa shape index (κ3) is 4.49. The summed E-state index contributed by atoms with van der Waals surface area (Å²) in [7, 11) is -1.09. The van der Waals surface area contributed by atoms with Crippen LogP contribution in [-0.4, -0.2) is 15.1 Å². The van der Waals surface area contributed by atoms with Crippen LogP contribution in [0.3, 0.4) is 0 Å². The van der Waals surface area contributed by atoms with Gasteiger partial charge in [-0.2, -0.15) is 0 Å². The second kappa shape index (κ2) is 7.50. The first-order chi connectivity index (χ1) is 10.1. The highest BCUT2D eigenvalue weighted by Gasteiger charge is 2.13. The van der Waals surface area contributed by atoms with Gasteiger partial charge in [0.15, 0.2) is 0 Å². The number of benzene rings is 2. The zero-order chi connectivity index (χ0) is 15.2. The van der Waals surface area contributed by atoms with Crippen molar-refractivity contribution >= 4 is 10.8 Å². The highest BCUT2D eigenvalue weighted by molar-refractivity contribution is 7.84. The SMILES string of the molecule is Cc1ccccc1CS(=O)CC(O)c1ccc(CN)cc1. The lowest BCUT2D eigenvalue weighted by molar-refractivity contribution is 0.203. The third-order valence-electron chi connectivity index (χ3n) is 3.52. The van der Waals surface area contributed by atoms with Gasteiger partial charge in [-0.05, 0) is 29.2 Å². The van der Waals surface area contributed by atoms with Crippen LogP contribution in [0, 0.1) is 6.92 Å². The molecule has 0 spiro atoms. The number of nitrogens with two attached hydrogens (primary N) is 1. The van der Waals surface area contributed by atoms with Crippen LogP contribution in [0.5, 0.6) is 0 Å². The first-order valence-electron chi connectivity index (χ1n) is 6.96. The van der Waals surface area contributed by atoms with Crippen LogP contribution in [0.25, 0.3) is 0 Å². The number of rotatable bonds is 6. The van der Waals surface area contributed by atoms with Gasteiger partial charge in [-0.25, -0.2) is 0 Å². The van der Waals surface area contributed by atoms with Gasteiger partial charge in [-0.3, -0.25) is 4.21 Å². The predicted molar refractivity (Wildman–Crippen MR) is 87.2 cm³/mol. The summed E-state index contributed by atoms with van der Waals surface area (Å²) in [6, 6.07) is 15.4. The molecule has 0 aromatic heterocycles. The summed E-state index contributed by atoms with van der Waals surface area (Å²) in [5.41, 5.74) is 9.55. The maximum Gasteiger partial charge on any atom is 0.0905 e. The van der Waals surface area contributed by atoms with Crippen molar-refractivity contribution in [3.05, 3.63) is 70.8 Å². The summed E-state index contributed by atoms with van der Waals surface area (Å²) < 4.78 is 12.2. The largest absolute Gasteiger partial charge is 0.387 e. The van der Waals surface area contributed by atoms with E-state index in [0.29, 0.717) is 12.3 Å². The van der Waals surface area contributed by atoms with E-state index >= 15 is 0 Å². The first kappa shape index (κ1) is 15.9. The minimum Gasteiger partial charge on any atom is -0.387 e. The van der Waals surface area contributed by atoms with Crippen molar-refractivity contribution in [2.24, 2.45) is 5.73 Å². The highest BCUT2D eigenvalue weighted by atomic mass is 32.2. The van der Waals surface area contributed by atoms with Gasteiger partial charge in [0.2, 0.25) is 0 Å². The van der Waals surface area contributed by atoms with Gasteiger partial charge >= 0.3 is 0 Å². The fourth-order valence-corrected chi connectivity index (χ4v) is 3.49. The Morgan fingerprint density at radius 1 is 1.14 bits per heavy atom. The minimum atomic E-state index is -1.09. The molecule has 21 heavy (non-hydrogen) atoms. The van der Waals surface area contributed by atoms with E-state index in [9.17, 15) is 9.32 Å². The van der Waals surface area contributed by atoms with Crippen molar-refractivity contribution in [2.75, 3.05) is 5.75 Å². The molecule has 0 aliphatic carbocycles. The smallest absolute Gasteiger partial charge is 0.0905 e. The van der Waals surface area contributed by atoms with E-state index in [-0.39, 0.29) is 5.75 Å². The number of hydrogen-bond acceptors (Lipinski definition) is 3. The lowest BCUT2D eigenvalue weighted by Crippen LogP contribution is -2.11. The van der Waals surface area contributed by atoms with Crippen molar-refractivity contribution in [1.82, 2.24) is 0 Å². The topological polar surface area (TPSA) is 63.3 Å². The van der Waals surface area contributed by atoms with E-state index in [1.54, 1.807) is 0 Å². The predicted octanol–water partition coefficient (Wildman–Crippen LogP) is 2.44. The molecule has 3 N–H and O–H groups in total. The van der Waals surface area contributed by atoms with E-state index in [4.69, 9.17) is 5.73 Å². The van der Waals surface area contributed by atoms with E-state index in [1.807, 2.05) is 55.5 Å². The Balaban J connectivity index is 1.97. The molecule has 4 heteroatoms. The molecule has 0 radical (unpaired) electrons. The molecule has 2 aromatic carbocycles. The summed E-state index contributed by atoms with van der Waals surface area (Å²) in [6.07, 6.45) is -0.707. The molecule has 3 nitrogen and oxygen atoms in total. The fraction of sp³-hybridized carbons (Fsp3) is 0.294. The van der Waals surface area contributed by atoms with Crippen LogP contribution in [0.2, 0.25) is 0 Å². The standard InChI is InChI=1S/C17H21NO2S/c1-13-4-2-3-5-16(13)11-21(20)12-17(19)15-8-6-14(10-18)7-9-15/h2-9,17,19H,10-12,18H2,1H3. The highest BCUT2D eigenvalue weighted by Crippen LogP contribution is 2.17. The zero-order valence-corrected chi connectivity index (χ0v) is 13.0. The molecule has 0 aliphatic heterocycles. The molecule has 0 bridgehead atoms. The lowest BCUT2D eigenvalue weighted by atomic mass is 10.1. The molecule has 0 heterocycles. The van der Waals surface area contributed by atoms with E-state index in [0.717, 1.165) is 22.3 Å². The van der Waals surface area contributed by atoms with Crippen molar-refractivity contribution in [2.45, 2.75) is 25.3 Å². The minimum absolute atomic E-state index is 0.246. The van der Waals surface area contributed by atoms with Gasteiger partial charge in [0, 0.05) is 23.1 Å². The molecule has 112 valence electrons. The Bertz CT molecular complexity index is 610. The Labute approximate surface area is 128 Å². The number of aliphatic hydroxyl groups excluding tert-OH is 1. The summed E-state index contributed by atoms with van der Waals surface area (Å²) in [5.74, 6) is 0.723. The molecule has 2 rings (SSSR count). The molecule has 2 atom stereocenters. The molecule has 0 saturated carbocycles. The first-order valence-corrected chi connectivity index (χ1v) is 8.45. The van der Waals surface area contributed by atoms with Crippen LogP contribution in [0.4, 0.5) is 0 Å². The quantitative estimate of drug-likeness (QED) is 0.861. The third-order valence-corrected chi connectivity index (χ3v) is 4.84. The Kier molecular flexibility index (Phi) is 5.67. The van der Waals surface area contributed by atoms with Crippen LogP contribution >= 0.6 is 0 Å². The second-order valence-electron chi connectivity index (χ2n) is 5.14.